The highest BCUT2D eigenvalue weighted by atomic mass is 32.2. The van der Waals surface area contributed by atoms with E-state index in [0.717, 1.165) is 17.8 Å². The fraction of sp³-hybridized carbons (Fsp3) is 0.812. The molecule has 0 aromatic rings. The minimum absolute atomic E-state index is 0.421. The van der Waals surface area contributed by atoms with Crippen molar-refractivity contribution >= 4 is 11.8 Å². The highest BCUT2D eigenvalue weighted by Crippen LogP contribution is 2.64. The number of hydrogen-bond donors (Lipinski definition) is 0. The summed E-state index contributed by atoms with van der Waals surface area (Å²) in [4.78, 5) is 1.44. The van der Waals surface area contributed by atoms with Crippen LogP contribution in [0.15, 0.2) is 11.0 Å². The molecule has 4 aliphatic carbocycles. The van der Waals surface area contributed by atoms with Gasteiger partial charge in [0.05, 0.1) is 6.07 Å². The van der Waals surface area contributed by atoms with Crippen molar-refractivity contribution in [3.8, 4) is 6.07 Å². The lowest BCUT2D eigenvalue weighted by Crippen LogP contribution is -2.46. The molecule has 4 fully saturated rings. The maximum Gasteiger partial charge on any atom is 0.0920 e. The quantitative estimate of drug-likeness (QED) is 0.682. The number of nitrogens with zero attached hydrogens (tertiary/aromatic N) is 1. The van der Waals surface area contributed by atoms with E-state index in [0.29, 0.717) is 5.41 Å². The van der Waals surface area contributed by atoms with Crippen LogP contribution in [0, 0.1) is 34.5 Å². The maximum atomic E-state index is 9.10. The molecule has 98 valence electrons. The number of rotatable bonds is 4. The smallest absolute Gasteiger partial charge is 0.0920 e. The molecule has 18 heavy (non-hydrogen) atoms. The Bertz CT molecular complexity index is 355. The predicted molar refractivity (Wildman–Crippen MR) is 77.1 cm³/mol. The molecule has 0 aromatic heterocycles. The van der Waals surface area contributed by atoms with E-state index < -0.39 is 0 Å². The molecule has 0 atom stereocenters. The van der Waals surface area contributed by atoms with Gasteiger partial charge in [0.2, 0.25) is 0 Å². The fourth-order valence-corrected chi connectivity index (χ4v) is 6.15. The normalized spacial score (nSPS) is 42.0. The Morgan fingerprint density at radius 2 is 1.78 bits per heavy atom. The van der Waals surface area contributed by atoms with Gasteiger partial charge < -0.3 is 0 Å². The Labute approximate surface area is 115 Å². The van der Waals surface area contributed by atoms with Crippen LogP contribution in [-0.2, 0) is 0 Å². The second-order valence-electron chi connectivity index (χ2n) is 6.68. The SMILES string of the molecule is CCCS/C(=C\C#N)C12CC3CC(CC(C3)C1)C2. The van der Waals surface area contributed by atoms with Crippen LogP contribution >= 0.6 is 11.8 Å². The first-order valence-corrected chi connectivity index (χ1v) is 8.47. The van der Waals surface area contributed by atoms with Gasteiger partial charge in [-0.15, -0.1) is 11.8 Å². The third-order valence-corrected chi connectivity index (χ3v) is 6.69. The number of hydrogen-bond acceptors (Lipinski definition) is 2. The summed E-state index contributed by atoms with van der Waals surface area (Å²) >= 11 is 1.97. The van der Waals surface area contributed by atoms with Crippen LogP contribution < -0.4 is 0 Å². The Morgan fingerprint density at radius 3 is 2.22 bits per heavy atom. The predicted octanol–water partition coefficient (Wildman–Crippen LogP) is 4.75. The molecule has 0 aromatic carbocycles. The molecule has 0 unspecified atom stereocenters. The van der Waals surface area contributed by atoms with Crippen molar-refractivity contribution in [3.05, 3.63) is 11.0 Å². The first-order valence-electron chi connectivity index (χ1n) is 7.49. The van der Waals surface area contributed by atoms with Crippen molar-refractivity contribution in [1.29, 1.82) is 5.26 Å². The van der Waals surface area contributed by atoms with Crippen LogP contribution in [0.5, 0.6) is 0 Å². The van der Waals surface area contributed by atoms with Crippen LogP contribution in [0.2, 0.25) is 0 Å². The molecule has 2 heteroatoms. The van der Waals surface area contributed by atoms with Gasteiger partial charge in [0.15, 0.2) is 0 Å². The summed E-state index contributed by atoms with van der Waals surface area (Å²) in [5.74, 6) is 4.09. The summed E-state index contributed by atoms with van der Waals surface area (Å²) in [6.45, 7) is 2.23. The van der Waals surface area contributed by atoms with Gasteiger partial charge in [0, 0.05) is 16.4 Å². The third-order valence-electron chi connectivity index (χ3n) is 5.22. The topological polar surface area (TPSA) is 23.8 Å². The summed E-state index contributed by atoms with van der Waals surface area (Å²) in [6.07, 6.45) is 11.7. The van der Waals surface area contributed by atoms with E-state index in [1.165, 1.54) is 55.6 Å². The second kappa shape index (κ2) is 4.93. The standard InChI is InChI=1S/C16H23NS/c1-2-5-18-15(3-4-17)16-9-12-6-13(10-16)8-14(7-12)11-16/h3,12-14H,2,5-11H2,1H3/b15-3-. The van der Waals surface area contributed by atoms with Crippen LogP contribution in [-0.4, -0.2) is 5.75 Å². The molecule has 4 rings (SSSR count). The molecule has 0 spiro atoms. The zero-order valence-corrected chi connectivity index (χ0v) is 12.1. The average Bonchev–Trinajstić information content (AvgIpc) is 2.32. The molecule has 0 aliphatic heterocycles. The molecule has 0 amide bonds. The van der Waals surface area contributed by atoms with Gasteiger partial charge in [-0.25, -0.2) is 0 Å². The molecule has 4 aliphatic rings. The van der Waals surface area contributed by atoms with Crippen LogP contribution in [0.3, 0.4) is 0 Å². The lowest BCUT2D eigenvalue weighted by atomic mass is 9.49. The second-order valence-corrected chi connectivity index (χ2v) is 7.82. The molecule has 0 radical (unpaired) electrons. The van der Waals surface area contributed by atoms with Crippen molar-refractivity contribution in [1.82, 2.24) is 0 Å². The molecular formula is C16H23NS. The van der Waals surface area contributed by atoms with Gasteiger partial charge in [-0.3, -0.25) is 0 Å². The van der Waals surface area contributed by atoms with E-state index in [4.69, 9.17) is 5.26 Å². The van der Waals surface area contributed by atoms with Gasteiger partial charge in [-0.05, 0) is 68.5 Å². The van der Waals surface area contributed by atoms with Gasteiger partial charge in [0.25, 0.3) is 0 Å². The summed E-state index contributed by atoms with van der Waals surface area (Å²) in [7, 11) is 0. The van der Waals surface area contributed by atoms with Gasteiger partial charge in [-0.2, -0.15) is 5.26 Å². The monoisotopic (exact) mass is 261 g/mol. The Kier molecular flexibility index (Phi) is 3.45. The van der Waals surface area contributed by atoms with E-state index in [1.54, 1.807) is 0 Å². The average molecular weight is 261 g/mol. The van der Waals surface area contributed by atoms with Crippen molar-refractivity contribution < 1.29 is 0 Å². The minimum Gasteiger partial charge on any atom is -0.193 e. The Balaban J connectivity index is 1.84. The van der Waals surface area contributed by atoms with Crippen LogP contribution in [0.25, 0.3) is 0 Å². The van der Waals surface area contributed by atoms with Gasteiger partial charge >= 0.3 is 0 Å². The van der Waals surface area contributed by atoms with Crippen molar-refractivity contribution in [3.63, 3.8) is 0 Å². The molecule has 1 nitrogen and oxygen atoms in total. The summed E-state index contributed by atoms with van der Waals surface area (Å²) in [5.41, 5.74) is 0.421. The molecule has 0 heterocycles. The van der Waals surface area contributed by atoms with E-state index in [2.05, 4.69) is 13.0 Å². The van der Waals surface area contributed by atoms with Gasteiger partial charge in [-0.1, -0.05) is 6.92 Å². The molecular weight excluding hydrogens is 238 g/mol. The van der Waals surface area contributed by atoms with E-state index in [1.807, 2.05) is 17.8 Å². The first-order chi connectivity index (χ1) is 8.75. The minimum atomic E-state index is 0.421. The van der Waals surface area contributed by atoms with E-state index >= 15 is 0 Å². The molecule has 0 saturated heterocycles. The summed E-state index contributed by atoms with van der Waals surface area (Å²) in [6, 6.07) is 2.32. The number of nitriles is 1. The summed E-state index contributed by atoms with van der Waals surface area (Å²) in [5, 5.41) is 9.10. The number of thioether (sulfide) groups is 1. The zero-order valence-electron chi connectivity index (χ0n) is 11.3. The largest absolute Gasteiger partial charge is 0.193 e. The third kappa shape index (κ3) is 2.11. The Hall–Kier alpha value is -0.420. The van der Waals surface area contributed by atoms with Gasteiger partial charge in [0.1, 0.15) is 0 Å². The highest BCUT2D eigenvalue weighted by Gasteiger charge is 2.52. The van der Waals surface area contributed by atoms with Crippen molar-refractivity contribution in [2.75, 3.05) is 5.75 Å². The number of allylic oxidation sites excluding steroid dienone is 2. The fourth-order valence-electron chi connectivity index (χ4n) is 5.03. The first kappa shape index (κ1) is 12.6. The highest BCUT2D eigenvalue weighted by molar-refractivity contribution is 8.03. The van der Waals surface area contributed by atoms with E-state index in [-0.39, 0.29) is 0 Å². The van der Waals surface area contributed by atoms with E-state index in [9.17, 15) is 0 Å². The lowest BCUT2D eigenvalue weighted by Gasteiger charge is -2.57. The maximum absolute atomic E-state index is 9.10. The molecule has 4 bridgehead atoms. The molecule has 4 saturated carbocycles. The summed E-state index contributed by atoms with van der Waals surface area (Å²) < 4.78 is 0. The van der Waals surface area contributed by atoms with Crippen LogP contribution in [0.1, 0.15) is 51.9 Å². The van der Waals surface area contributed by atoms with Crippen LogP contribution in [0.4, 0.5) is 0 Å². The molecule has 0 N–H and O–H groups in total. The Morgan fingerprint density at radius 1 is 1.22 bits per heavy atom. The lowest BCUT2D eigenvalue weighted by molar-refractivity contribution is -0.0258. The van der Waals surface area contributed by atoms with Crippen molar-refractivity contribution in [2.45, 2.75) is 51.9 Å². The van der Waals surface area contributed by atoms with Crippen molar-refractivity contribution in [2.24, 2.45) is 23.2 Å². The zero-order chi connectivity index (χ0) is 12.6.